The van der Waals surface area contributed by atoms with E-state index in [1.165, 1.54) is 0 Å². The Morgan fingerprint density at radius 1 is 0.722 bits per heavy atom. The fourth-order valence-corrected chi connectivity index (χ4v) is 2.99. The normalized spacial score (nSPS) is 14.9. The Kier molecular flexibility index (Phi) is 14.4. The molecule has 0 aromatic rings. The molecule has 0 radical (unpaired) electrons. The number of primary amides is 1. The topological polar surface area (TPSA) is 268 Å². The number of carbonyl (C=O) groups is 7. The van der Waals surface area contributed by atoms with Crippen molar-refractivity contribution in [3.8, 4) is 0 Å². The maximum atomic E-state index is 12.9. The smallest absolute Gasteiger partial charge is 0.326 e. The molecule has 0 aromatic heterocycles. The molecule has 0 rings (SSSR count). The van der Waals surface area contributed by atoms with E-state index in [1.54, 1.807) is 13.8 Å². The van der Waals surface area contributed by atoms with E-state index in [1.807, 2.05) is 0 Å². The van der Waals surface area contributed by atoms with Crippen LogP contribution in [0.5, 0.6) is 0 Å². The predicted octanol–water partition coefficient (Wildman–Crippen LogP) is -2.11. The van der Waals surface area contributed by atoms with E-state index in [9.17, 15) is 38.7 Å². The van der Waals surface area contributed by atoms with E-state index in [-0.39, 0.29) is 19.3 Å². The molecule has 0 aliphatic rings. The first-order valence-electron chi connectivity index (χ1n) is 11.3. The van der Waals surface area contributed by atoms with Crippen LogP contribution in [0.4, 0.5) is 0 Å². The quantitative estimate of drug-likeness (QED) is 0.0974. The third-order valence-corrected chi connectivity index (χ3v) is 5.38. The zero-order valence-corrected chi connectivity index (χ0v) is 20.2. The standard InChI is InChI=1S/C21H35N5O10/c1-3-10(2)17(21(35)36)26-20(34)13(6-9-16(30)31)25-19(33)12(5-7-14(23)27)24-18(32)11(22)4-8-15(28)29/h10-13,17H,3-9,22H2,1-2H3,(H2,23,27)(H,24,32)(H,25,33)(H,26,34)(H,28,29)(H,30,31)(H,35,36). The van der Waals surface area contributed by atoms with Gasteiger partial charge in [-0.25, -0.2) is 4.79 Å². The zero-order valence-electron chi connectivity index (χ0n) is 20.2. The molecule has 5 unspecified atom stereocenters. The Balaban J connectivity index is 5.67. The molecule has 0 saturated carbocycles. The van der Waals surface area contributed by atoms with Crippen LogP contribution in [0.1, 0.15) is 58.8 Å². The molecule has 36 heavy (non-hydrogen) atoms. The summed E-state index contributed by atoms with van der Waals surface area (Å²) >= 11 is 0. The molecule has 15 nitrogen and oxygen atoms in total. The summed E-state index contributed by atoms with van der Waals surface area (Å²) < 4.78 is 0. The summed E-state index contributed by atoms with van der Waals surface area (Å²) in [7, 11) is 0. The van der Waals surface area contributed by atoms with Crippen molar-refractivity contribution < 1.29 is 48.9 Å². The maximum absolute atomic E-state index is 12.9. The van der Waals surface area contributed by atoms with Gasteiger partial charge in [0.25, 0.3) is 0 Å². The monoisotopic (exact) mass is 517 g/mol. The molecule has 0 saturated heterocycles. The second kappa shape index (κ2) is 16.0. The minimum Gasteiger partial charge on any atom is -0.481 e. The van der Waals surface area contributed by atoms with Gasteiger partial charge in [0.05, 0.1) is 6.04 Å². The van der Waals surface area contributed by atoms with Crippen molar-refractivity contribution in [2.45, 2.75) is 83.0 Å². The summed E-state index contributed by atoms with van der Waals surface area (Å²) in [5.74, 6) is -7.87. The third kappa shape index (κ3) is 12.6. The van der Waals surface area contributed by atoms with Gasteiger partial charge in [0.2, 0.25) is 23.6 Å². The van der Waals surface area contributed by atoms with Gasteiger partial charge in [0, 0.05) is 19.3 Å². The molecular formula is C21H35N5O10. The molecule has 15 heteroatoms. The van der Waals surface area contributed by atoms with E-state index in [4.69, 9.17) is 21.7 Å². The summed E-state index contributed by atoms with van der Waals surface area (Å²) in [6.07, 6.45) is -1.81. The van der Waals surface area contributed by atoms with Crippen molar-refractivity contribution in [2.24, 2.45) is 17.4 Å². The van der Waals surface area contributed by atoms with Gasteiger partial charge in [-0.3, -0.25) is 28.8 Å². The van der Waals surface area contributed by atoms with Crippen LogP contribution in [-0.4, -0.2) is 81.0 Å². The van der Waals surface area contributed by atoms with E-state index in [2.05, 4.69) is 16.0 Å². The van der Waals surface area contributed by atoms with Crippen LogP contribution in [0.25, 0.3) is 0 Å². The lowest BCUT2D eigenvalue weighted by Crippen LogP contribution is -2.57. The van der Waals surface area contributed by atoms with Gasteiger partial charge in [0.15, 0.2) is 0 Å². The van der Waals surface area contributed by atoms with Crippen LogP contribution in [-0.2, 0) is 33.6 Å². The molecule has 10 N–H and O–H groups in total. The van der Waals surface area contributed by atoms with Crippen LogP contribution >= 0.6 is 0 Å². The van der Waals surface area contributed by atoms with Crippen molar-refractivity contribution in [3.63, 3.8) is 0 Å². The van der Waals surface area contributed by atoms with E-state index in [0.29, 0.717) is 6.42 Å². The van der Waals surface area contributed by atoms with E-state index >= 15 is 0 Å². The fraction of sp³-hybridized carbons (Fsp3) is 0.667. The molecule has 0 aliphatic carbocycles. The number of rotatable bonds is 18. The summed E-state index contributed by atoms with van der Waals surface area (Å²) in [4.78, 5) is 82.5. The number of nitrogens with one attached hydrogen (secondary N) is 3. The molecule has 0 bridgehead atoms. The number of carboxylic acid groups (broad SMARTS) is 3. The number of carboxylic acids is 3. The van der Waals surface area contributed by atoms with Gasteiger partial charge in [-0.05, 0) is 25.2 Å². The van der Waals surface area contributed by atoms with E-state index in [0.717, 1.165) is 0 Å². The van der Waals surface area contributed by atoms with Crippen LogP contribution in [0.3, 0.4) is 0 Å². The number of nitrogens with two attached hydrogens (primary N) is 2. The highest BCUT2D eigenvalue weighted by molar-refractivity contribution is 5.94. The minimum atomic E-state index is -1.48. The molecule has 0 heterocycles. The number of hydrogen-bond acceptors (Lipinski definition) is 8. The molecule has 0 spiro atoms. The maximum Gasteiger partial charge on any atom is 0.326 e. The second-order valence-electron chi connectivity index (χ2n) is 8.31. The first-order chi connectivity index (χ1) is 16.7. The van der Waals surface area contributed by atoms with Crippen LogP contribution < -0.4 is 27.4 Å². The minimum absolute atomic E-state index is 0.235. The highest BCUT2D eigenvalue weighted by Crippen LogP contribution is 2.10. The van der Waals surface area contributed by atoms with Gasteiger partial charge >= 0.3 is 17.9 Å². The summed E-state index contributed by atoms with van der Waals surface area (Å²) in [5.41, 5.74) is 10.8. The molecule has 204 valence electrons. The summed E-state index contributed by atoms with van der Waals surface area (Å²) in [6.45, 7) is 3.30. The molecule has 0 aromatic carbocycles. The Morgan fingerprint density at radius 3 is 1.61 bits per heavy atom. The molecular weight excluding hydrogens is 482 g/mol. The average molecular weight is 518 g/mol. The highest BCUT2D eigenvalue weighted by Gasteiger charge is 2.32. The van der Waals surface area contributed by atoms with Gasteiger partial charge in [-0.15, -0.1) is 0 Å². The van der Waals surface area contributed by atoms with Gasteiger partial charge in [0.1, 0.15) is 18.1 Å². The molecule has 5 atom stereocenters. The number of aliphatic carboxylic acids is 3. The van der Waals surface area contributed by atoms with Crippen LogP contribution in [0.15, 0.2) is 0 Å². The average Bonchev–Trinajstić information content (AvgIpc) is 2.79. The summed E-state index contributed by atoms with van der Waals surface area (Å²) in [6, 6.07) is -5.49. The highest BCUT2D eigenvalue weighted by atomic mass is 16.4. The lowest BCUT2D eigenvalue weighted by Gasteiger charge is -2.26. The Labute approximate surface area is 207 Å². The van der Waals surface area contributed by atoms with Crippen molar-refractivity contribution in [3.05, 3.63) is 0 Å². The fourth-order valence-electron chi connectivity index (χ4n) is 2.99. The lowest BCUT2D eigenvalue weighted by atomic mass is 9.98. The SMILES string of the molecule is CCC(C)C(NC(=O)C(CCC(=O)O)NC(=O)C(CCC(N)=O)NC(=O)C(N)CCC(=O)O)C(=O)O. The molecule has 0 aliphatic heterocycles. The largest absolute Gasteiger partial charge is 0.481 e. The van der Waals surface area contributed by atoms with Crippen LogP contribution in [0.2, 0.25) is 0 Å². The number of carbonyl (C=O) groups excluding carboxylic acids is 4. The Hall–Kier alpha value is -3.75. The van der Waals surface area contributed by atoms with Crippen LogP contribution in [0, 0.1) is 5.92 Å². The van der Waals surface area contributed by atoms with Crippen molar-refractivity contribution >= 4 is 41.5 Å². The molecule has 4 amide bonds. The van der Waals surface area contributed by atoms with E-state index < -0.39 is 90.9 Å². The summed E-state index contributed by atoms with van der Waals surface area (Å²) in [5, 5.41) is 34.0. The predicted molar refractivity (Wildman–Crippen MR) is 123 cm³/mol. The Morgan fingerprint density at radius 2 is 1.17 bits per heavy atom. The van der Waals surface area contributed by atoms with Gasteiger partial charge in [-0.2, -0.15) is 0 Å². The van der Waals surface area contributed by atoms with Gasteiger partial charge in [-0.1, -0.05) is 20.3 Å². The number of hydrogen-bond donors (Lipinski definition) is 8. The number of amides is 4. The lowest BCUT2D eigenvalue weighted by molar-refractivity contribution is -0.144. The molecule has 0 fully saturated rings. The third-order valence-electron chi connectivity index (χ3n) is 5.38. The van der Waals surface area contributed by atoms with Gasteiger partial charge < -0.3 is 42.7 Å². The first kappa shape index (κ1) is 32.2. The Bertz CT molecular complexity index is 834. The van der Waals surface area contributed by atoms with Crippen molar-refractivity contribution in [2.75, 3.05) is 0 Å². The van der Waals surface area contributed by atoms with Crippen molar-refractivity contribution in [1.82, 2.24) is 16.0 Å². The zero-order chi connectivity index (χ0) is 28.0. The first-order valence-corrected chi connectivity index (χ1v) is 11.3. The van der Waals surface area contributed by atoms with Crippen molar-refractivity contribution in [1.29, 1.82) is 0 Å². The second-order valence-corrected chi connectivity index (χ2v) is 8.31.